The second-order valence-electron chi connectivity index (χ2n) is 6.41. The molecule has 1 atom stereocenters. The lowest BCUT2D eigenvalue weighted by molar-refractivity contribution is -0.132. The van der Waals surface area contributed by atoms with Crippen LogP contribution in [0.2, 0.25) is 0 Å². The lowest BCUT2D eigenvalue weighted by atomic mass is 9.95. The highest BCUT2D eigenvalue weighted by Crippen LogP contribution is 2.32. The number of nitrogens with zero attached hydrogens (tertiary/aromatic N) is 3. The van der Waals surface area contributed by atoms with Crippen LogP contribution in [0.15, 0.2) is 20.8 Å². The second-order valence-corrected chi connectivity index (χ2v) is 9.37. The standard InChI is InChI=1S/C16H21N3O4S2/c1-11-5-6-13(23-11)7-8-14(20)19-9-3-4-12(10-19)15-16(24-18-17-15)25(2,21)22/h5-6,12H,3-4,7-10H2,1-2H3/t12-/m1/s1. The van der Waals surface area contributed by atoms with E-state index in [-0.39, 0.29) is 16.0 Å². The molecule has 1 saturated heterocycles. The Bertz CT molecular complexity index is 856. The van der Waals surface area contributed by atoms with Crippen molar-refractivity contribution in [3.8, 4) is 0 Å². The molecule has 1 aliphatic heterocycles. The summed E-state index contributed by atoms with van der Waals surface area (Å²) in [6.07, 6.45) is 3.77. The Morgan fingerprint density at radius 2 is 2.24 bits per heavy atom. The van der Waals surface area contributed by atoms with Crippen LogP contribution in [0.25, 0.3) is 0 Å². The van der Waals surface area contributed by atoms with Crippen LogP contribution in [-0.4, -0.2) is 48.2 Å². The second kappa shape index (κ2) is 7.25. The third kappa shape index (κ3) is 4.27. The van der Waals surface area contributed by atoms with Crippen molar-refractivity contribution in [3.05, 3.63) is 29.3 Å². The molecule has 0 bridgehead atoms. The van der Waals surface area contributed by atoms with Crippen molar-refractivity contribution in [1.29, 1.82) is 0 Å². The number of rotatable bonds is 5. The molecule has 3 heterocycles. The summed E-state index contributed by atoms with van der Waals surface area (Å²) in [5.41, 5.74) is 0.506. The molecule has 3 rings (SSSR count). The molecule has 2 aromatic heterocycles. The Morgan fingerprint density at radius 1 is 1.44 bits per heavy atom. The Morgan fingerprint density at radius 3 is 2.92 bits per heavy atom. The predicted molar refractivity (Wildman–Crippen MR) is 93.3 cm³/mol. The van der Waals surface area contributed by atoms with Crippen molar-refractivity contribution >= 4 is 27.3 Å². The third-order valence-electron chi connectivity index (χ3n) is 4.36. The molecule has 0 aliphatic carbocycles. The van der Waals surface area contributed by atoms with Crippen LogP contribution < -0.4 is 0 Å². The smallest absolute Gasteiger partial charge is 0.223 e. The van der Waals surface area contributed by atoms with Crippen molar-refractivity contribution in [2.45, 2.75) is 42.7 Å². The number of carbonyl (C=O) groups is 1. The lowest BCUT2D eigenvalue weighted by Gasteiger charge is -2.32. The topological polar surface area (TPSA) is 93.4 Å². The van der Waals surface area contributed by atoms with E-state index in [4.69, 9.17) is 4.42 Å². The average Bonchev–Trinajstić information content (AvgIpc) is 3.21. The van der Waals surface area contributed by atoms with Gasteiger partial charge in [-0.3, -0.25) is 4.79 Å². The summed E-state index contributed by atoms with van der Waals surface area (Å²) in [5, 5.41) is 4.03. The van der Waals surface area contributed by atoms with Gasteiger partial charge >= 0.3 is 0 Å². The van der Waals surface area contributed by atoms with Crippen LogP contribution in [0, 0.1) is 6.92 Å². The summed E-state index contributed by atoms with van der Waals surface area (Å²) in [6.45, 7) is 3.06. The molecule has 0 radical (unpaired) electrons. The van der Waals surface area contributed by atoms with E-state index in [1.807, 2.05) is 19.1 Å². The van der Waals surface area contributed by atoms with Crippen LogP contribution in [0.1, 0.15) is 42.4 Å². The van der Waals surface area contributed by atoms with E-state index >= 15 is 0 Å². The summed E-state index contributed by atoms with van der Waals surface area (Å²) in [4.78, 5) is 14.3. The minimum Gasteiger partial charge on any atom is -0.466 e. The van der Waals surface area contributed by atoms with Crippen molar-refractivity contribution in [2.75, 3.05) is 19.3 Å². The molecule has 0 unspecified atom stereocenters. The van der Waals surface area contributed by atoms with Crippen LogP contribution in [-0.2, 0) is 21.1 Å². The number of carbonyl (C=O) groups excluding carboxylic acids is 1. The van der Waals surface area contributed by atoms with E-state index in [9.17, 15) is 13.2 Å². The van der Waals surface area contributed by atoms with Gasteiger partial charge in [0.05, 0.1) is 5.69 Å². The number of aryl methyl sites for hydroxylation is 2. The molecule has 1 aliphatic rings. The number of aromatic nitrogens is 2. The van der Waals surface area contributed by atoms with Gasteiger partial charge in [-0.1, -0.05) is 4.49 Å². The zero-order chi connectivity index (χ0) is 18.0. The molecule has 0 aromatic carbocycles. The van der Waals surface area contributed by atoms with Crippen molar-refractivity contribution in [3.63, 3.8) is 0 Å². The Kier molecular flexibility index (Phi) is 5.24. The van der Waals surface area contributed by atoms with E-state index in [0.29, 0.717) is 31.6 Å². The lowest BCUT2D eigenvalue weighted by Crippen LogP contribution is -2.39. The van der Waals surface area contributed by atoms with Gasteiger partial charge in [0.25, 0.3) is 0 Å². The molecule has 9 heteroatoms. The zero-order valence-electron chi connectivity index (χ0n) is 14.3. The molecule has 25 heavy (non-hydrogen) atoms. The quantitative estimate of drug-likeness (QED) is 0.786. The number of likely N-dealkylation sites (tertiary alicyclic amines) is 1. The summed E-state index contributed by atoms with van der Waals surface area (Å²) in [7, 11) is -3.34. The minimum atomic E-state index is -3.34. The monoisotopic (exact) mass is 383 g/mol. The van der Waals surface area contributed by atoms with Gasteiger partial charge in [0, 0.05) is 49.6 Å². The fraction of sp³-hybridized carbons (Fsp3) is 0.562. The number of amides is 1. The van der Waals surface area contributed by atoms with E-state index in [2.05, 4.69) is 9.59 Å². The minimum absolute atomic E-state index is 0.0582. The van der Waals surface area contributed by atoms with Gasteiger partial charge in [-0.05, 0) is 31.9 Å². The van der Waals surface area contributed by atoms with Crippen LogP contribution in [0.3, 0.4) is 0 Å². The number of piperidine rings is 1. The zero-order valence-corrected chi connectivity index (χ0v) is 15.9. The van der Waals surface area contributed by atoms with Gasteiger partial charge in [0.1, 0.15) is 11.5 Å². The summed E-state index contributed by atoms with van der Waals surface area (Å²) in [6, 6.07) is 3.78. The number of furan rings is 1. The van der Waals surface area contributed by atoms with Gasteiger partial charge in [0.2, 0.25) is 5.91 Å². The molecule has 0 spiro atoms. The Hall–Kier alpha value is -1.74. The normalized spacial score (nSPS) is 18.5. The van der Waals surface area contributed by atoms with Gasteiger partial charge in [-0.2, -0.15) is 0 Å². The molecule has 7 nitrogen and oxygen atoms in total. The van der Waals surface area contributed by atoms with E-state index < -0.39 is 9.84 Å². The molecule has 0 N–H and O–H groups in total. The van der Waals surface area contributed by atoms with Gasteiger partial charge in [-0.15, -0.1) is 5.10 Å². The van der Waals surface area contributed by atoms with Gasteiger partial charge in [0.15, 0.2) is 14.0 Å². The van der Waals surface area contributed by atoms with E-state index in [0.717, 1.165) is 35.9 Å². The predicted octanol–water partition coefficient (Wildman–Crippen LogP) is 2.18. The fourth-order valence-electron chi connectivity index (χ4n) is 3.13. The highest BCUT2D eigenvalue weighted by atomic mass is 32.2. The number of sulfone groups is 1. The first-order valence-electron chi connectivity index (χ1n) is 8.20. The average molecular weight is 383 g/mol. The summed E-state index contributed by atoms with van der Waals surface area (Å²) >= 11 is 0.905. The molecule has 1 amide bonds. The van der Waals surface area contributed by atoms with E-state index in [1.54, 1.807) is 4.90 Å². The highest BCUT2D eigenvalue weighted by molar-refractivity contribution is 7.92. The van der Waals surface area contributed by atoms with Crippen LogP contribution in [0.4, 0.5) is 0 Å². The molecular weight excluding hydrogens is 362 g/mol. The van der Waals surface area contributed by atoms with E-state index in [1.165, 1.54) is 6.26 Å². The maximum Gasteiger partial charge on any atom is 0.223 e. The fourth-order valence-corrected chi connectivity index (χ4v) is 4.86. The first-order chi connectivity index (χ1) is 11.8. The van der Waals surface area contributed by atoms with Crippen molar-refractivity contribution in [2.24, 2.45) is 0 Å². The van der Waals surface area contributed by atoms with Gasteiger partial charge < -0.3 is 9.32 Å². The maximum absolute atomic E-state index is 12.5. The Labute approximate surface area is 151 Å². The first kappa shape index (κ1) is 18.1. The molecule has 1 fully saturated rings. The van der Waals surface area contributed by atoms with Gasteiger partial charge in [-0.25, -0.2) is 8.42 Å². The third-order valence-corrected chi connectivity index (χ3v) is 6.91. The van der Waals surface area contributed by atoms with Crippen LogP contribution >= 0.6 is 11.5 Å². The number of hydrogen-bond acceptors (Lipinski definition) is 7. The highest BCUT2D eigenvalue weighted by Gasteiger charge is 2.31. The largest absolute Gasteiger partial charge is 0.466 e. The van der Waals surface area contributed by atoms with Crippen molar-refractivity contribution in [1.82, 2.24) is 14.5 Å². The Balaban J connectivity index is 1.65. The molecular formula is C16H21N3O4S2. The SMILES string of the molecule is Cc1ccc(CCC(=O)N2CCC[C@@H](c3nnsc3S(C)(=O)=O)C2)o1. The molecule has 2 aromatic rings. The maximum atomic E-state index is 12.5. The first-order valence-corrected chi connectivity index (χ1v) is 10.9. The summed E-state index contributed by atoms with van der Waals surface area (Å²) < 4.78 is 33.3. The molecule has 0 saturated carbocycles. The molecule has 136 valence electrons. The van der Waals surface area contributed by atoms with Crippen LogP contribution in [0.5, 0.6) is 0 Å². The summed E-state index contributed by atoms with van der Waals surface area (Å²) in [5.74, 6) is 1.63. The van der Waals surface area contributed by atoms with Crippen molar-refractivity contribution < 1.29 is 17.6 Å². The number of hydrogen-bond donors (Lipinski definition) is 0.